The van der Waals surface area contributed by atoms with Crippen molar-refractivity contribution in [1.29, 1.82) is 0 Å². The summed E-state index contributed by atoms with van der Waals surface area (Å²) in [6.45, 7) is 0.671. The van der Waals surface area contributed by atoms with Gasteiger partial charge < -0.3 is 15.5 Å². The molecule has 0 unspecified atom stereocenters. The fourth-order valence-corrected chi connectivity index (χ4v) is 2.24. The fraction of sp³-hybridized carbons (Fsp3) is 0.467. The van der Waals surface area contributed by atoms with Crippen molar-refractivity contribution < 1.29 is 18.4 Å². The van der Waals surface area contributed by atoms with E-state index in [0.29, 0.717) is 25.1 Å². The van der Waals surface area contributed by atoms with Crippen LogP contribution in [0.15, 0.2) is 18.2 Å². The number of halogens is 2. The van der Waals surface area contributed by atoms with Crippen LogP contribution in [0.25, 0.3) is 0 Å². The average Bonchev–Trinajstić information content (AvgIpc) is 3.26. The average molecular weight is 311 g/mol. The predicted octanol–water partition coefficient (Wildman–Crippen LogP) is 1.46. The summed E-state index contributed by atoms with van der Waals surface area (Å²) in [6, 6.07) is 3.51. The van der Waals surface area contributed by atoms with E-state index >= 15 is 0 Å². The lowest BCUT2D eigenvalue weighted by Gasteiger charge is -2.12. The van der Waals surface area contributed by atoms with Crippen LogP contribution >= 0.6 is 0 Å². The molecule has 0 aromatic heterocycles. The second-order valence-electron chi connectivity index (χ2n) is 5.54. The maximum absolute atomic E-state index is 13.2. The van der Waals surface area contributed by atoms with E-state index in [2.05, 4.69) is 10.6 Å². The van der Waals surface area contributed by atoms with Crippen LogP contribution < -0.4 is 10.6 Å². The third kappa shape index (κ3) is 3.93. The van der Waals surface area contributed by atoms with Crippen LogP contribution in [0.5, 0.6) is 0 Å². The Hall–Kier alpha value is -2.18. The molecule has 1 aliphatic rings. The van der Waals surface area contributed by atoms with Gasteiger partial charge in [0.05, 0.1) is 0 Å². The van der Waals surface area contributed by atoms with Crippen molar-refractivity contribution in [3.63, 3.8) is 0 Å². The second kappa shape index (κ2) is 6.72. The maximum Gasteiger partial charge on any atom is 0.316 e. The van der Waals surface area contributed by atoms with Crippen LogP contribution in [-0.4, -0.2) is 44.0 Å². The van der Waals surface area contributed by atoms with Crippen LogP contribution in [0.1, 0.15) is 17.9 Å². The number of rotatable bonds is 5. The van der Waals surface area contributed by atoms with Crippen molar-refractivity contribution in [2.24, 2.45) is 5.92 Å². The molecule has 1 saturated carbocycles. The molecule has 0 radical (unpaired) electrons. The van der Waals surface area contributed by atoms with Gasteiger partial charge in [-0.25, -0.2) is 13.6 Å². The SMILES string of the molecule is CN(C)C(=O)NCCNC(=O)[C@@H]1C[C@H]1c1ccc(F)c(F)c1. The Balaban J connectivity index is 1.74. The molecule has 1 aromatic carbocycles. The third-order valence-corrected chi connectivity index (χ3v) is 3.61. The number of benzene rings is 1. The molecule has 0 spiro atoms. The standard InChI is InChI=1S/C15H19F2N3O2/c1-20(2)15(22)19-6-5-18-14(21)11-8-10(11)9-3-4-12(16)13(17)7-9/h3-4,7,10-11H,5-6,8H2,1-2H3,(H,18,21)(H,19,22)/t10-,11+/m0/s1. The van der Waals surface area contributed by atoms with Crippen molar-refractivity contribution in [1.82, 2.24) is 15.5 Å². The van der Waals surface area contributed by atoms with Crippen molar-refractivity contribution >= 4 is 11.9 Å². The summed E-state index contributed by atoms with van der Waals surface area (Å²) in [5.41, 5.74) is 0.639. The van der Waals surface area contributed by atoms with Gasteiger partial charge in [-0.2, -0.15) is 0 Å². The van der Waals surface area contributed by atoms with E-state index < -0.39 is 11.6 Å². The van der Waals surface area contributed by atoms with E-state index in [9.17, 15) is 18.4 Å². The highest BCUT2D eigenvalue weighted by Gasteiger charge is 2.43. The fourth-order valence-electron chi connectivity index (χ4n) is 2.24. The molecule has 7 heteroatoms. The monoisotopic (exact) mass is 311 g/mol. The number of nitrogens with zero attached hydrogens (tertiary/aromatic N) is 1. The summed E-state index contributed by atoms with van der Waals surface area (Å²) in [6.07, 6.45) is 0.626. The van der Waals surface area contributed by atoms with Crippen LogP contribution in [0.3, 0.4) is 0 Å². The van der Waals surface area contributed by atoms with Crippen LogP contribution in [0, 0.1) is 17.6 Å². The number of amides is 3. The lowest BCUT2D eigenvalue weighted by Crippen LogP contribution is -2.40. The highest BCUT2D eigenvalue weighted by Crippen LogP contribution is 2.47. The third-order valence-electron chi connectivity index (χ3n) is 3.61. The molecule has 0 aliphatic heterocycles. The van der Waals surface area contributed by atoms with Gasteiger partial charge in [0.25, 0.3) is 0 Å². The summed E-state index contributed by atoms with van der Waals surface area (Å²) in [7, 11) is 3.26. The normalized spacial score (nSPS) is 19.5. The molecule has 5 nitrogen and oxygen atoms in total. The van der Waals surface area contributed by atoms with E-state index in [-0.39, 0.29) is 23.8 Å². The summed E-state index contributed by atoms with van der Waals surface area (Å²) in [5.74, 6) is -2.19. The van der Waals surface area contributed by atoms with Gasteiger partial charge in [0, 0.05) is 33.1 Å². The summed E-state index contributed by atoms with van der Waals surface area (Å²) in [4.78, 5) is 24.6. The molecular formula is C15H19F2N3O2. The van der Waals surface area contributed by atoms with Gasteiger partial charge in [-0.1, -0.05) is 6.07 Å². The van der Waals surface area contributed by atoms with E-state index in [1.54, 1.807) is 14.1 Å². The largest absolute Gasteiger partial charge is 0.354 e. The predicted molar refractivity (Wildman–Crippen MR) is 77.3 cm³/mol. The van der Waals surface area contributed by atoms with Gasteiger partial charge in [-0.3, -0.25) is 4.79 Å². The van der Waals surface area contributed by atoms with E-state index in [4.69, 9.17) is 0 Å². The molecular weight excluding hydrogens is 292 g/mol. The Bertz CT molecular complexity index is 578. The second-order valence-corrected chi connectivity index (χ2v) is 5.54. The summed E-state index contributed by atoms with van der Waals surface area (Å²) < 4.78 is 26.0. The lowest BCUT2D eigenvalue weighted by atomic mass is 10.1. The summed E-state index contributed by atoms with van der Waals surface area (Å²) in [5, 5.41) is 5.36. The molecule has 22 heavy (non-hydrogen) atoms. The van der Waals surface area contributed by atoms with E-state index in [0.717, 1.165) is 12.1 Å². The van der Waals surface area contributed by atoms with Crippen molar-refractivity contribution in [2.45, 2.75) is 12.3 Å². The maximum atomic E-state index is 13.2. The van der Waals surface area contributed by atoms with Crippen molar-refractivity contribution in [3.8, 4) is 0 Å². The molecule has 1 aliphatic carbocycles. The number of hydrogen-bond donors (Lipinski definition) is 2. The topological polar surface area (TPSA) is 61.4 Å². The Kier molecular flexibility index (Phi) is 4.95. The molecule has 2 atom stereocenters. The molecule has 1 aromatic rings. The number of carbonyl (C=O) groups excluding carboxylic acids is 2. The Morgan fingerprint density at radius 2 is 1.86 bits per heavy atom. The molecule has 0 bridgehead atoms. The first-order valence-corrected chi connectivity index (χ1v) is 7.08. The van der Waals surface area contributed by atoms with Crippen LogP contribution in [0.4, 0.5) is 13.6 Å². The Morgan fingerprint density at radius 3 is 2.50 bits per heavy atom. The zero-order valence-corrected chi connectivity index (χ0v) is 12.5. The number of carbonyl (C=O) groups is 2. The van der Waals surface area contributed by atoms with E-state index in [1.807, 2.05) is 0 Å². The molecule has 3 amide bonds. The zero-order valence-electron chi connectivity index (χ0n) is 12.5. The first-order valence-electron chi connectivity index (χ1n) is 7.08. The lowest BCUT2D eigenvalue weighted by molar-refractivity contribution is -0.122. The van der Waals surface area contributed by atoms with E-state index in [1.165, 1.54) is 11.0 Å². The molecule has 2 rings (SSSR count). The summed E-state index contributed by atoms with van der Waals surface area (Å²) >= 11 is 0. The first-order chi connectivity index (χ1) is 10.4. The molecule has 120 valence electrons. The molecule has 0 heterocycles. The van der Waals surface area contributed by atoms with Crippen LogP contribution in [0.2, 0.25) is 0 Å². The number of hydrogen-bond acceptors (Lipinski definition) is 2. The highest BCUT2D eigenvalue weighted by atomic mass is 19.2. The van der Waals surface area contributed by atoms with Crippen LogP contribution in [-0.2, 0) is 4.79 Å². The molecule has 0 saturated heterocycles. The van der Waals surface area contributed by atoms with Gasteiger partial charge in [0.15, 0.2) is 11.6 Å². The van der Waals surface area contributed by atoms with Gasteiger partial charge in [0.2, 0.25) is 5.91 Å². The van der Waals surface area contributed by atoms with Gasteiger partial charge >= 0.3 is 6.03 Å². The Morgan fingerprint density at radius 1 is 1.18 bits per heavy atom. The van der Waals surface area contributed by atoms with Crippen molar-refractivity contribution in [2.75, 3.05) is 27.2 Å². The minimum atomic E-state index is -0.894. The number of nitrogens with one attached hydrogen (secondary N) is 2. The molecule has 2 N–H and O–H groups in total. The highest BCUT2D eigenvalue weighted by molar-refractivity contribution is 5.83. The van der Waals surface area contributed by atoms with Gasteiger partial charge in [-0.05, 0) is 30.0 Å². The zero-order chi connectivity index (χ0) is 16.3. The van der Waals surface area contributed by atoms with Gasteiger partial charge in [-0.15, -0.1) is 0 Å². The van der Waals surface area contributed by atoms with Gasteiger partial charge in [0.1, 0.15) is 0 Å². The smallest absolute Gasteiger partial charge is 0.316 e. The minimum absolute atomic E-state index is 0.0635. The Labute approximate surface area is 127 Å². The molecule has 1 fully saturated rings. The number of urea groups is 1. The first kappa shape index (κ1) is 16.2. The van der Waals surface area contributed by atoms with Crippen molar-refractivity contribution in [3.05, 3.63) is 35.4 Å². The minimum Gasteiger partial charge on any atom is -0.354 e. The quantitative estimate of drug-likeness (QED) is 0.809.